The van der Waals surface area contributed by atoms with E-state index in [1.165, 1.54) is 212 Å². The number of esters is 3. The predicted octanol–water partition coefficient (Wildman–Crippen LogP) is 18.9. The van der Waals surface area contributed by atoms with Gasteiger partial charge in [0.25, 0.3) is 0 Å². The van der Waals surface area contributed by atoms with Crippen LogP contribution in [-0.2, 0) is 28.6 Å². The first-order valence-electron chi connectivity index (χ1n) is 28.7. The molecule has 1 atom stereocenters. The molecule has 0 N–H and O–H groups in total. The molecule has 0 amide bonds. The van der Waals surface area contributed by atoms with Crippen LogP contribution in [0.25, 0.3) is 0 Å². The fourth-order valence-electron chi connectivity index (χ4n) is 8.87. The Kier molecular flexibility index (Phi) is 49.6. The normalized spacial score (nSPS) is 12.0. The Labute approximate surface area is 399 Å². The van der Waals surface area contributed by atoms with Gasteiger partial charge in [0.15, 0.2) is 6.10 Å². The summed E-state index contributed by atoms with van der Waals surface area (Å²) in [5.41, 5.74) is 0. The molecular weight excluding hydrogens is 793 g/mol. The summed E-state index contributed by atoms with van der Waals surface area (Å²) in [6.07, 6.45) is 53.8. The summed E-state index contributed by atoms with van der Waals surface area (Å²) in [7, 11) is 0. The molecule has 0 fully saturated rings. The van der Waals surface area contributed by atoms with Crippen molar-refractivity contribution in [2.24, 2.45) is 11.8 Å². The van der Waals surface area contributed by atoms with E-state index < -0.39 is 6.10 Å². The lowest BCUT2D eigenvalue weighted by Gasteiger charge is -2.18. The summed E-state index contributed by atoms with van der Waals surface area (Å²) in [6.45, 7) is 11.4. The summed E-state index contributed by atoms with van der Waals surface area (Å²) in [5, 5.41) is 0. The molecule has 0 bridgehead atoms. The second-order valence-corrected chi connectivity index (χ2v) is 20.9. The quantitative estimate of drug-likeness (QED) is 0.0344. The molecule has 0 saturated heterocycles. The van der Waals surface area contributed by atoms with Crippen LogP contribution in [0, 0.1) is 11.8 Å². The van der Waals surface area contributed by atoms with E-state index >= 15 is 0 Å². The number of ether oxygens (including phenoxy) is 3. The summed E-state index contributed by atoms with van der Waals surface area (Å²) in [6, 6.07) is 0. The van der Waals surface area contributed by atoms with Crippen molar-refractivity contribution >= 4 is 17.9 Å². The third-order valence-corrected chi connectivity index (χ3v) is 13.2. The monoisotopic (exact) mass is 905 g/mol. The van der Waals surface area contributed by atoms with Crippen molar-refractivity contribution in [2.75, 3.05) is 13.2 Å². The van der Waals surface area contributed by atoms with Crippen molar-refractivity contribution in [1.82, 2.24) is 0 Å². The van der Waals surface area contributed by atoms with Crippen LogP contribution in [0.4, 0.5) is 0 Å². The van der Waals surface area contributed by atoms with E-state index in [9.17, 15) is 14.4 Å². The van der Waals surface area contributed by atoms with Crippen LogP contribution in [0.1, 0.15) is 324 Å². The average Bonchev–Trinajstić information content (AvgIpc) is 3.27. The van der Waals surface area contributed by atoms with Crippen molar-refractivity contribution in [2.45, 2.75) is 330 Å². The lowest BCUT2D eigenvalue weighted by atomic mass is 10.0. The third-order valence-electron chi connectivity index (χ3n) is 13.2. The summed E-state index contributed by atoms with van der Waals surface area (Å²) >= 11 is 0. The number of hydrogen-bond acceptors (Lipinski definition) is 6. The molecule has 6 nitrogen and oxygen atoms in total. The van der Waals surface area contributed by atoms with Crippen LogP contribution >= 0.6 is 0 Å². The highest BCUT2D eigenvalue weighted by atomic mass is 16.6. The number of carbonyl (C=O) groups is 3. The zero-order valence-electron chi connectivity index (χ0n) is 43.9. The minimum absolute atomic E-state index is 0.0629. The van der Waals surface area contributed by atoms with Crippen molar-refractivity contribution in [3.05, 3.63) is 0 Å². The largest absolute Gasteiger partial charge is 0.462 e. The van der Waals surface area contributed by atoms with Crippen molar-refractivity contribution in [1.29, 1.82) is 0 Å². The van der Waals surface area contributed by atoms with Crippen LogP contribution in [0.2, 0.25) is 0 Å². The molecule has 0 aromatic carbocycles. The minimum Gasteiger partial charge on any atom is -0.462 e. The molecule has 0 heterocycles. The second kappa shape index (κ2) is 50.8. The topological polar surface area (TPSA) is 78.9 Å². The van der Waals surface area contributed by atoms with Gasteiger partial charge in [-0.1, -0.05) is 285 Å². The van der Waals surface area contributed by atoms with E-state index in [4.69, 9.17) is 14.2 Å². The minimum atomic E-state index is -0.763. The first kappa shape index (κ1) is 62.4. The molecule has 0 aliphatic carbocycles. The smallest absolute Gasteiger partial charge is 0.306 e. The summed E-state index contributed by atoms with van der Waals surface area (Å²) < 4.78 is 16.9. The molecule has 0 aromatic rings. The van der Waals surface area contributed by atoms with E-state index in [-0.39, 0.29) is 31.1 Å². The Hall–Kier alpha value is -1.59. The molecule has 380 valence electrons. The maximum absolute atomic E-state index is 12.8. The van der Waals surface area contributed by atoms with E-state index in [0.717, 1.165) is 69.6 Å². The van der Waals surface area contributed by atoms with Gasteiger partial charge in [0.1, 0.15) is 13.2 Å². The first-order chi connectivity index (χ1) is 31.2. The van der Waals surface area contributed by atoms with Crippen molar-refractivity contribution in [3.63, 3.8) is 0 Å². The van der Waals surface area contributed by atoms with Gasteiger partial charge in [-0.15, -0.1) is 0 Å². The van der Waals surface area contributed by atoms with Crippen LogP contribution in [0.5, 0.6) is 0 Å². The third kappa shape index (κ3) is 51.4. The molecule has 0 aliphatic heterocycles. The fourth-order valence-corrected chi connectivity index (χ4v) is 8.87. The predicted molar refractivity (Wildman–Crippen MR) is 275 cm³/mol. The van der Waals surface area contributed by atoms with Gasteiger partial charge in [-0.25, -0.2) is 0 Å². The Morgan fingerprint density at radius 2 is 0.516 bits per heavy atom. The van der Waals surface area contributed by atoms with E-state index in [1.54, 1.807) is 0 Å². The molecule has 6 heteroatoms. The van der Waals surface area contributed by atoms with Gasteiger partial charge in [-0.05, 0) is 31.1 Å². The Morgan fingerprint density at radius 1 is 0.297 bits per heavy atom. The maximum atomic E-state index is 12.8. The zero-order chi connectivity index (χ0) is 46.8. The van der Waals surface area contributed by atoms with Crippen LogP contribution < -0.4 is 0 Å². The molecule has 64 heavy (non-hydrogen) atoms. The summed E-state index contributed by atoms with van der Waals surface area (Å²) in [4.78, 5) is 38.1. The molecule has 0 radical (unpaired) electrons. The van der Waals surface area contributed by atoms with Gasteiger partial charge < -0.3 is 14.2 Å². The number of hydrogen-bond donors (Lipinski definition) is 0. The lowest BCUT2D eigenvalue weighted by molar-refractivity contribution is -0.167. The highest BCUT2D eigenvalue weighted by Crippen LogP contribution is 2.18. The van der Waals surface area contributed by atoms with E-state index in [0.29, 0.717) is 19.3 Å². The van der Waals surface area contributed by atoms with Crippen molar-refractivity contribution in [3.8, 4) is 0 Å². The molecule has 0 spiro atoms. The Bertz CT molecular complexity index is 978. The maximum Gasteiger partial charge on any atom is 0.306 e. The zero-order valence-corrected chi connectivity index (χ0v) is 43.9. The summed E-state index contributed by atoms with van der Waals surface area (Å²) in [5.74, 6) is 0.809. The standard InChI is InChI=1S/C58H112O6/c1-6-7-8-9-10-11-12-13-14-15-16-17-18-22-28-33-38-43-48-56(59)62-51-55(52-63-57(60)49-44-39-34-29-25-24-27-32-37-42-47-54(4)5)64-58(61)50-45-40-35-30-23-20-19-21-26-31-36-41-46-53(2)3/h53-55H,6-52H2,1-5H3/t55-/m1/s1. The van der Waals surface area contributed by atoms with Crippen LogP contribution in [0.15, 0.2) is 0 Å². The number of carbonyl (C=O) groups excluding carboxylic acids is 3. The number of rotatable bonds is 52. The van der Waals surface area contributed by atoms with Crippen LogP contribution in [-0.4, -0.2) is 37.2 Å². The molecule has 0 unspecified atom stereocenters. The molecule has 0 rings (SSSR count). The van der Waals surface area contributed by atoms with Gasteiger partial charge in [0.2, 0.25) is 0 Å². The van der Waals surface area contributed by atoms with E-state index in [1.807, 2.05) is 0 Å². The fraction of sp³-hybridized carbons (Fsp3) is 0.948. The van der Waals surface area contributed by atoms with Crippen molar-refractivity contribution < 1.29 is 28.6 Å². The lowest BCUT2D eigenvalue weighted by Crippen LogP contribution is -2.30. The van der Waals surface area contributed by atoms with E-state index in [2.05, 4.69) is 34.6 Å². The SMILES string of the molecule is CCCCCCCCCCCCCCCCCCCCC(=O)OC[C@H](COC(=O)CCCCCCCCCCCCC(C)C)OC(=O)CCCCCCCCCCCCCCC(C)C. The first-order valence-corrected chi connectivity index (χ1v) is 28.7. The Morgan fingerprint density at radius 3 is 0.766 bits per heavy atom. The van der Waals surface area contributed by atoms with Gasteiger partial charge in [0, 0.05) is 19.3 Å². The molecular formula is C58H112O6. The molecule has 0 aromatic heterocycles. The second-order valence-electron chi connectivity index (χ2n) is 20.9. The van der Waals surface area contributed by atoms with Gasteiger partial charge in [-0.2, -0.15) is 0 Å². The Balaban J connectivity index is 4.28. The van der Waals surface area contributed by atoms with Gasteiger partial charge in [-0.3, -0.25) is 14.4 Å². The highest BCUT2D eigenvalue weighted by molar-refractivity contribution is 5.71. The van der Waals surface area contributed by atoms with Gasteiger partial charge >= 0.3 is 17.9 Å². The average molecular weight is 906 g/mol. The van der Waals surface area contributed by atoms with Gasteiger partial charge in [0.05, 0.1) is 0 Å². The number of unbranched alkanes of at least 4 members (excludes halogenated alkanes) is 37. The molecule has 0 saturated carbocycles. The van der Waals surface area contributed by atoms with Crippen LogP contribution in [0.3, 0.4) is 0 Å². The highest BCUT2D eigenvalue weighted by Gasteiger charge is 2.19. The molecule has 0 aliphatic rings.